The summed E-state index contributed by atoms with van der Waals surface area (Å²) in [4.78, 5) is 14.0. The number of ether oxygens (including phenoxy) is 1. The number of hydrogen-bond donors (Lipinski definition) is 1. The van der Waals surface area contributed by atoms with Crippen LogP contribution in [0.1, 0.15) is 24.8 Å². The maximum Gasteiger partial charge on any atom is 0.410 e. The standard InChI is InChI=1S/C18H26N2O5S/c21-12-16-10-19(11-16)26(23,24)14-17-8-4-5-9-20(17)18(22)25-13-15-6-2-1-3-7-15/h1-3,6-7,16-17,21H,4-5,8-14H2. The lowest BCUT2D eigenvalue weighted by atomic mass is 10.0. The van der Waals surface area contributed by atoms with E-state index in [9.17, 15) is 13.2 Å². The first-order valence-electron chi connectivity index (χ1n) is 9.05. The van der Waals surface area contributed by atoms with Crippen molar-refractivity contribution in [2.24, 2.45) is 5.92 Å². The topological polar surface area (TPSA) is 87.2 Å². The van der Waals surface area contributed by atoms with Crippen molar-refractivity contribution in [1.82, 2.24) is 9.21 Å². The van der Waals surface area contributed by atoms with Crippen molar-refractivity contribution in [3.05, 3.63) is 35.9 Å². The van der Waals surface area contributed by atoms with Crippen LogP contribution in [-0.4, -0.2) is 66.9 Å². The molecular formula is C18H26N2O5S. The number of piperidine rings is 1. The number of carbonyl (C=O) groups is 1. The van der Waals surface area contributed by atoms with Gasteiger partial charge in [0.15, 0.2) is 0 Å². The Morgan fingerprint density at radius 1 is 1.19 bits per heavy atom. The van der Waals surface area contributed by atoms with Crippen molar-refractivity contribution in [1.29, 1.82) is 0 Å². The molecule has 0 bridgehead atoms. The molecule has 0 radical (unpaired) electrons. The van der Waals surface area contributed by atoms with E-state index in [4.69, 9.17) is 9.84 Å². The fourth-order valence-electron chi connectivity index (χ4n) is 3.43. The van der Waals surface area contributed by atoms with E-state index in [1.807, 2.05) is 30.3 Å². The molecule has 0 spiro atoms. The number of aliphatic hydroxyl groups is 1. The Morgan fingerprint density at radius 3 is 2.62 bits per heavy atom. The maximum atomic E-state index is 12.6. The van der Waals surface area contributed by atoms with Gasteiger partial charge in [0.1, 0.15) is 6.61 Å². The number of hydrogen-bond acceptors (Lipinski definition) is 5. The molecular weight excluding hydrogens is 356 g/mol. The fraction of sp³-hybridized carbons (Fsp3) is 0.611. The summed E-state index contributed by atoms with van der Waals surface area (Å²) >= 11 is 0. The minimum atomic E-state index is -3.43. The van der Waals surface area contributed by atoms with Crippen LogP contribution in [-0.2, 0) is 21.4 Å². The van der Waals surface area contributed by atoms with Gasteiger partial charge in [0.2, 0.25) is 10.0 Å². The predicted octanol–water partition coefficient (Wildman–Crippen LogP) is 1.43. The van der Waals surface area contributed by atoms with E-state index in [0.717, 1.165) is 18.4 Å². The average Bonchev–Trinajstić information content (AvgIpc) is 2.59. The molecule has 3 rings (SSSR count). The van der Waals surface area contributed by atoms with E-state index in [2.05, 4.69) is 0 Å². The number of sulfonamides is 1. The Hall–Kier alpha value is -1.64. The van der Waals surface area contributed by atoms with E-state index in [1.54, 1.807) is 4.90 Å². The van der Waals surface area contributed by atoms with Crippen LogP contribution in [0.3, 0.4) is 0 Å². The van der Waals surface area contributed by atoms with Crippen molar-refractivity contribution in [2.75, 3.05) is 32.0 Å². The highest BCUT2D eigenvalue weighted by molar-refractivity contribution is 7.89. The minimum absolute atomic E-state index is 0.00733. The fourth-order valence-corrected chi connectivity index (χ4v) is 5.35. The third kappa shape index (κ3) is 4.55. The second-order valence-electron chi connectivity index (χ2n) is 7.03. The van der Waals surface area contributed by atoms with Gasteiger partial charge in [0, 0.05) is 32.2 Å². The maximum absolute atomic E-state index is 12.6. The lowest BCUT2D eigenvalue weighted by molar-refractivity contribution is 0.0718. The third-order valence-electron chi connectivity index (χ3n) is 5.05. The summed E-state index contributed by atoms with van der Waals surface area (Å²) in [6.07, 6.45) is 1.97. The van der Waals surface area contributed by atoms with Crippen LogP contribution in [0, 0.1) is 5.92 Å². The highest BCUT2D eigenvalue weighted by Gasteiger charge is 2.39. The number of amides is 1. The zero-order valence-electron chi connectivity index (χ0n) is 14.8. The van der Waals surface area contributed by atoms with E-state index in [-0.39, 0.29) is 30.9 Å². The molecule has 0 aliphatic carbocycles. The van der Waals surface area contributed by atoms with Crippen molar-refractivity contribution < 1.29 is 23.1 Å². The molecule has 8 heteroatoms. The largest absolute Gasteiger partial charge is 0.445 e. The lowest BCUT2D eigenvalue weighted by Crippen LogP contribution is -2.55. The van der Waals surface area contributed by atoms with Crippen LogP contribution in [0.15, 0.2) is 30.3 Å². The number of aliphatic hydroxyl groups excluding tert-OH is 1. The first kappa shape index (κ1) is 19.1. The molecule has 2 aliphatic heterocycles. The summed E-state index contributed by atoms with van der Waals surface area (Å²) in [5.41, 5.74) is 0.901. The van der Waals surface area contributed by atoms with Gasteiger partial charge in [-0.3, -0.25) is 0 Å². The summed E-state index contributed by atoms with van der Waals surface area (Å²) in [7, 11) is -3.43. The Balaban J connectivity index is 1.58. The zero-order valence-corrected chi connectivity index (χ0v) is 15.6. The molecule has 1 amide bonds. The molecule has 2 aliphatic rings. The molecule has 26 heavy (non-hydrogen) atoms. The lowest BCUT2D eigenvalue weighted by Gasteiger charge is -2.40. The number of benzene rings is 1. The smallest absolute Gasteiger partial charge is 0.410 e. The number of likely N-dealkylation sites (tertiary alicyclic amines) is 1. The van der Waals surface area contributed by atoms with E-state index in [1.165, 1.54) is 4.31 Å². The summed E-state index contributed by atoms with van der Waals surface area (Å²) < 4.78 is 31.9. The van der Waals surface area contributed by atoms with Gasteiger partial charge in [-0.25, -0.2) is 17.5 Å². The number of rotatable bonds is 6. The third-order valence-corrected chi connectivity index (χ3v) is 6.94. The highest BCUT2D eigenvalue weighted by atomic mass is 32.2. The van der Waals surface area contributed by atoms with Crippen molar-refractivity contribution in [3.8, 4) is 0 Å². The van der Waals surface area contributed by atoms with Crippen LogP contribution >= 0.6 is 0 Å². The molecule has 7 nitrogen and oxygen atoms in total. The summed E-state index contributed by atoms with van der Waals surface area (Å²) in [6, 6.07) is 9.07. The van der Waals surface area contributed by atoms with Gasteiger partial charge in [-0.05, 0) is 24.8 Å². The molecule has 2 heterocycles. The van der Waals surface area contributed by atoms with Gasteiger partial charge in [-0.15, -0.1) is 0 Å². The van der Waals surface area contributed by atoms with Crippen LogP contribution in [0.4, 0.5) is 4.79 Å². The first-order chi connectivity index (χ1) is 12.5. The van der Waals surface area contributed by atoms with E-state index < -0.39 is 16.1 Å². The monoisotopic (exact) mass is 382 g/mol. The van der Waals surface area contributed by atoms with Crippen LogP contribution in [0.2, 0.25) is 0 Å². The molecule has 144 valence electrons. The predicted molar refractivity (Wildman–Crippen MR) is 96.9 cm³/mol. The molecule has 1 aromatic carbocycles. The van der Waals surface area contributed by atoms with Gasteiger partial charge in [-0.1, -0.05) is 30.3 Å². The zero-order chi connectivity index (χ0) is 18.6. The van der Waals surface area contributed by atoms with Gasteiger partial charge >= 0.3 is 6.09 Å². The minimum Gasteiger partial charge on any atom is -0.445 e. The highest BCUT2D eigenvalue weighted by Crippen LogP contribution is 2.25. The second kappa shape index (κ2) is 8.37. The van der Waals surface area contributed by atoms with Crippen molar-refractivity contribution in [2.45, 2.75) is 31.9 Å². The summed E-state index contributed by atoms with van der Waals surface area (Å²) in [5, 5.41) is 9.07. The SMILES string of the molecule is O=C(OCc1ccccc1)N1CCCCC1CS(=O)(=O)N1CC(CO)C1. The quantitative estimate of drug-likeness (QED) is 0.804. The molecule has 2 saturated heterocycles. The molecule has 1 atom stereocenters. The summed E-state index contributed by atoms with van der Waals surface area (Å²) in [5.74, 6) is -0.0472. The van der Waals surface area contributed by atoms with Gasteiger partial charge < -0.3 is 14.7 Å². The van der Waals surface area contributed by atoms with E-state index >= 15 is 0 Å². The Bertz CT molecular complexity index is 704. The first-order valence-corrected chi connectivity index (χ1v) is 10.7. The number of carbonyl (C=O) groups excluding carboxylic acids is 1. The van der Waals surface area contributed by atoms with Crippen molar-refractivity contribution >= 4 is 16.1 Å². The Morgan fingerprint density at radius 2 is 1.92 bits per heavy atom. The van der Waals surface area contributed by atoms with Crippen molar-refractivity contribution in [3.63, 3.8) is 0 Å². The normalized spacial score (nSPS) is 22.0. The van der Waals surface area contributed by atoms with Gasteiger partial charge in [0.25, 0.3) is 0 Å². The second-order valence-corrected chi connectivity index (χ2v) is 9.04. The number of nitrogens with zero attached hydrogens (tertiary/aromatic N) is 2. The Labute approximate surface area is 154 Å². The average molecular weight is 382 g/mol. The molecule has 2 fully saturated rings. The van der Waals surface area contributed by atoms with Gasteiger partial charge in [-0.2, -0.15) is 0 Å². The Kier molecular flexibility index (Phi) is 6.16. The van der Waals surface area contributed by atoms with Crippen LogP contribution in [0.5, 0.6) is 0 Å². The van der Waals surface area contributed by atoms with Gasteiger partial charge in [0.05, 0.1) is 11.8 Å². The summed E-state index contributed by atoms with van der Waals surface area (Å²) in [6.45, 7) is 1.44. The molecule has 1 aromatic rings. The molecule has 0 saturated carbocycles. The van der Waals surface area contributed by atoms with E-state index in [0.29, 0.717) is 26.1 Å². The molecule has 0 aromatic heterocycles. The molecule has 1 unspecified atom stereocenters. The van der Waals surface area contributed by atoms with Crippen LogP contribution < -0.4 is 0 Å². The molecule has 1 N–H and O–H groups in total. The van der Waals surface area contributed by atoms with Crippen LogP contribution in [0.25, 0.3) is 0 Å².